The van der Waals surface area contributed by atoms with Gasteiger partial charge in [0.15, 0.2) is 6.10 Å². The van der Waals surface area contributed by atoms with Crippen LogP contribution >= 0.6 is 0 Å². The fraction of sp³-hybridized carbons (Fsp3) is 0.316. The number of carbonyl (C=O) groups is 1. The Balaban J connectivity index is 2.10. The van der Waals surface area contributed by atoms with Crippen LogP contribution in [0.3, 0.4) is 0 Å². The molecule has 0 saturated carbocycles. The van der Waals surface area contributed by atoms with Crippen LogP contribution < -0.4 is 5.32 Å². The maximum Gasteiger partial charge on any atom is 0.333 e. The van der Waals surface area contributed by atoms with Crippen molar-refractivity contribution in [2.75, 3.05) is 19.0 Å². The van der Waals surface area contributed by atoms with E-state index in [4.69, 9.17) is 4.74 Å². The van der Waals surface area contributed by atoms with Crippen LogP contribution in [0.4, 0.5) is 5.69 Å². The first-order valence-corrected chi connectivity index (χ1v) is 7.85. The first kappa shape index (κ1) is 17.0. The number of ether oxygens (including phenoxy) is 1. The fourth-order valence-corrected chi connectivity index (χ4v) is 2.38. The lowest BCUT2D eigenvalue weighted by Gasteiger charge is -2.13. The average molecular weight is 313 g/mol. The molecule has 0 aromatic heterocycles. The minimum absolute atomic E-state index is 0.381. The number of aliphatic carboxylic acids is 1. The number of hydrogen-bond acceptors (Lipinski definition) is 3. The first-order valence-electron chi connectivity index (χ1n) is 7.85. The quantitative estimate of drug-likeness (QED) is 0.778. The SMILES string of the molecule is CCCO[C@@H](Cc1ccc(-c2cccc(NC)c2)cc1)C(=O)O. The van der Waals surface area contributed by atoms with E-state index in [9.17, 15) is 9.90 Å². The Hall–Kier alpha value is -2.33. The molecular formula is C19H23NO3. The normalized spacial score (nSPS) is 11.9. The Morgan fingerprint density at radius 2 is 1.91 bits per heavy atom. The number of carboxylic acids is 1. The lowest BCUT2D eigenvalue weighted by molar-refractivity contribution is -0.150. The molecule has 2 aromatic rings. The maximum atomic E-state index is 11.2. The van der Waals surface area contributed by atoms with Crippen LogP contribution in [-0.2, 0) is 16.0 Å². The van der Waals surface area contributed by atoms with E-state index in [1.807, 2.05) is 50.4 Å². The molecule has 0 aliphatic rings. The molecular weight excluding hydrogens is 290 g/mol. The second-order valence-electron chi connectivity index (χ2n) is 5.43. The Bertz CT molecular complexity index is 637. The fourth-order valence-electron chi connectivity index (χ4n) is 2.38. The summed E-state index contributed by atoms with van der Waals surface area (Å²) in [5.41, 5.74) is 4.25. The number of nitrogens with one attached hydrogen (secondary N) is 1. The van der Waals surface area contributed by atoms with Crippen molar-refractivity contribution in [3.05, 3.63) is 54.1 Å². The van der Waals surface area contributed by atoms with Gasteiger partial charge in [0.1, 0.15) is 0 Å². The van der Waals surface area contributed by atoms with E-state index in [2.05, 4.69) is 17.4 Å². The number of rotatable bonds is 8. The number of benzene rings is 2. The first-order chi connectivity index (χ1) is 11.1. The molecule has 0 unspecified atom stereocenters. The Morgan fingerprint density at radius 1 is 1.17 bits per heavy atom. The summed E-state index contributed by atoms with van der Waals surface area (Å²) in [5.74, 6) is -0.913. The summed E-state index contributed by atoms with van der Waals surface area (Å²) in [5, 5.41) is 12.3. The van der Waals surface area contributed by atoms with Gasteiger partial charge >= 0.3 is 5.97 Å². The third-order valence-corrected chi connectivity index (χ3v) is 3.66. The zero-order chi connectivity index (χ0) is 16.7. The van der Waals surface area contributed by atoms with Crippen molar-refractivity contribution in [1.29, 1.82) is 0 Å². The van der Waals surface area contributed by atoms with Crippen molar-refractivity contribution in [2.45, 2.75) is 25.9 Å². The molecule has 0 aliphatic carbocycles. The molecule has 0 bridgehead atoms. The van der Waals surface area contributed by atoms with Gasteiger partial charge in [-0.25, -0.2) is 4.79 Å². The predicted octanol–water partition coefficient (Wildman–Crippen LogP) is 3.82. The second kappa shape index (κ2) is 8.34. The highest BCUT2D eigenvalue weighted by Gasteiger charge is 2.18. The van der Waals surface area contributed by atoms with Crippen LogP contribution in [0.5, 0.6) is 0 Å². The van der Waals surface area contributed by atoms with Gasteiger partial charge in [-0.3, -0.25) is 0 Å². The summed E-state index contributed by atoms with van der Waals surface area (Å²) in [6, 6.07) is 16.1. The highest BCUT2D eigenvalue weighted by molar-refractivity contribution is 5.73. The average Bonchev–Trinajstić information content (AvgIpc) is 2.59. The Kier molecular flexibility index (Phi) is 6.18. The summed E-state index contributed by atoms with van der Waals surface area (Å²) in [6.45, 7) is 2.43. The van der Waals surface area contributed by atoms with Crippen molar-refractivity contribution in [3.63, 3.8) is 0 Å². The van der Waals surface area contributed by atoms with E-state index in [1.54, 1.807) is 0 Å². The number of anilines is 1. The van der Waals surface area contributed by atoms with Crippen LogP contribution in [-0.4, -0.2) is 30.8 Å². The van der Waals surface area contributed by atoms with Crippen molar-refractivity contribution in [3.8, 4) is 11.1 Å². The monoisotopic (exact) mass is 313 g/mol. The van der Waals surface area contributed by atoms with Gasteiger partial charge in [0.05, 0.1) is 0 Å². The van der Waals surface area contributed by atoms with Crippen molar-refractivity contribution < 1.29 is 14.6 Å². The zero-order valence-electron chi connectivity index (χ0n) is 13.6. The van der Waals surface area contributed by atoms with Crippen LogP contribution in [0.15, 0.2) is 48.5 Å². The lowest BCUT2D eigenvalue weighted by atomic mass is 10.0. The molecule has 2 N–H and O–H groups in total. The van der Waals surface area contributed by atoms with Gasteiger partial charge in [0, 0.05) is 25.8 Å². The molecule has 2 rings (SSSR count). The van der Waals surface area contributed by atoms with Crippen molar-refractivity contribution in [1.82, 2.24) is 0 Å². The smallest absolute Gasteiger partial charge is 0.333 e. The molecule has 0 saturated heterocycles. The molecule has 0 fully saturated rings. The number of carboxylic acid groups (broad SMARTS) is 1. The summed E-state index contributed by atoms with van der Waals surface area (Å²) in [4.78, 5) is 11.2. The second-order valence-corrected chi connectivity index (χ2v) is 5.43. The summed E-state index contributed by atoms with van der Waals surface area (Å²) in [6.07, 6.45) is 0.407. The lowest BCUT2D eigenvalue weighted by Crippen LogP contribution is -2.26. The molecule has 0 amide bonds. The molecule has 23 heavy (non-hydrogen) atoms. The predicted molar refractivity (Wildman–Crippen MR) is 92.8 cm³/mol. The molecule has 0 spiro atoms. The van der Waals surface area contributed by atoms with Crippen molar-refractivity contribution >= 4 is 11.7 Å². The van der Waals surface area contributed by atoms with E-state index < -0.39 is 12.1 Å². The van der Waals surface area contributed by atoms with Gasteiger partial charge in [-0.2, -0.15) is 0 Å². The third-order valence-electron chi connectivity index (χ3n) is 3.66. The molecule has 0 heterocycles. The van der Waals surface area contributed by atoms with E-state index >= 15 is 0 Å². The number of hydrogen-bond donors (Lipinski definition) is 2. The molecule has 2 aromatic carbocycles. The molecule has 122 valence electrons. The van der Waals surface area contributed by atoms with Gasteiger partial charge in [0.25, 0.3) is 0 Å². The summed E-state index contributed by atoms with van der Waals surface area (Å²) >= 11 is 0. The van der Waals surface area contributed by atoms with Crippen molar-refractivity contribution in [2.24, 2.45) is 0 Å². The van der Waals surface area contributed by atoms with Gasteiger partial charge in [-0.1, -0.05) is 43.3 Å². The van der Waals surface area contributed by atoms with E-state index in [-0.39, 0.29) is 0 Å². The summed E-state index contributed by atoms with van der Waals surface area (Å²) in [7, 11) is 1.89. The maximum absolute atomic E-state index is 11.2. The van der Waals surface area contributed by atoms with Gasteiger partial charge < -0.3 is 15.2 Å². The topological polar surface area (TPSA) is 58.6 Å². The third kappa shape index (κ3) is 4.83. The van der Waals surface area contributed by atoms with E-state index in [1.165, 1.54) is 0 Å². The molecule has 4 heteroatoms. The zero-order valence-corrected chi connectivity index (χ0v) is 13.6. The molecule has 1 atom stereocenters. The highest BCUT2D eigenvalue weighted by atomic mass is 16.5. The standard InChI is InChI=1S/C19H23NO3/c1-3-11-23-18(19(21)22)12-14-7-9-15(10-8-14)16-5-4-6-17(13-16)20-2/h4-10,13,18,20H,3,11-12H2,1-2H3,(H,21,22)/t18-/m0/s1. The minimum atomic E-state index is -0.913. The molecule has 0 radical (unpaired) electrons. The van der Waals surface area contributed by atoms with Gasteiger partial charge in [-0.15, -0.1) is 0 Å². The molecule has 0 aliphatic heterocycles. The van der Waals surface area contributed by atoms with Gasteiger partial charge in [0.2, 0.25) is 0 Å². The summed E-state index contributed by atoms with van der Waals surface area (Å²) < 4.78 is 5.39. The van der Waals surface area contributed by atoms with Gasteiger partial charge in [-0.05, 0) is 35.2 Å². The molecule has 4 nitrogen and oxygen atoms in total. The van der Waals surface area contributed by atoms with Crippen LogP contribution in [0.2, 0.25) is 0 Å². The Labute approximate surface area is 137 Å². The largest absolute Gasteiger partial charge is 0.479 e. The van der Waals surface area contributed by atoms with Crippen LogP contribution in [0.1, 0.15) is 18.9 Å². The van der Waals surface area contributed by atoms with Crippen LogP contribution in [0.25, 0.3) is 11.1 Å². The van der Waals surface area contributed by atoms with E-state index in [0.29, 0.717) is 13.0 Å². The minimum Gasteiger partial charge on any atom is -0.479 e. The Morgan fingerprint density at radius 3 is 2.52 bits per heavy atom. The van der Waals surface area contributed by atoms with E-state index in [0.717, 1.165) is 28.8 Å². The highest BCUT2D eigenvalue weighted by Crippen LogP contribution is 2.23. The van der Waals surface area contributed by atoms with Crippen LogP contribution in [0, 0.1) is 0 Å².